The van der Waals surface area contributed by atoms with Gasteiger partial charge in [0.1, 0.15) is 6.04 Å². The summed E-state index contributed by atoms with van der Waals surface area (Å²) in [7, 11) is 0. The van der Waals surface area contributed by atoms with Gasteiger partial charge in [0, 0.05) is 18.5 Å². The predicted octanol–water partition coefficient (Wildman–Crippen LogP) is 2.26. The molecular formula is C19H23N3O2. The molecule has 0 amide bonds. The van der Waals surface area contributed by atoms with E-state index in [1.54, 1.807) is 0 Å². The Hall–Kier alpha value is -1.98. The summed E-state index contributed by atoms with van der Waals surface area (Å²) >= 11 is 0. The number of carboxylic acids is 1. The SMILES string of the molecule is O=C(O)C1CC2(CCN(Cc3ccc4ccccc4n3)CC2)CN1. The zero-order valence-electron chi connectivity index (χ0n) is 13.7. The van der Waals surface area contributed by atoms with Gasteiger partial charge in [-0.2, -0.15) is 0 Å². The topological polar surface area (TPSA) is 65.5 Å². The van der Waals surface area contributed by atoms with Crippen LogP contribution in [0, 0.1) is 5.41 Å². The van der Waals surface area contributed by atoms with E-state index in [-0.39, 0.29) is 11.5 Å². The van der Waals surface area contributed by atoms with Crippen LogP contribution in [0.4, 0.5) is 0 Å². The Morgan fingerprint density at radius 2 is 2.04 bits per heavy atom. The van der Waals surface area contributed by atoms with Crippen LogP contribution in [0.2, 0.25) is 0 Å². The summed E-state index contributed by atoms with van der Waals surface area (Å²) in [4.78, 5) is 18.4. The molecule has 2 aromatic rings. The van der Waals surface area contributed by atoms with Gasteiger partial charge in [-0.1, -0.05) is 24.3 Å². The largest absolute Gasteiger partial charge is 0.480 e. The maximum absolute atomic E-state index is 11.2. The first kappa shape index (κ1) is 15.5. The number of carboxylic acid groups (broad SMARTS) is 1. The van der Waals surface area contributed by atoms with Crippen LogP contribution in [0.5, 0.6) is 0 Å². The van der Waals surface area contributed by atoms with Crippen LogP contribution in [-0.2, 0) is 11.3 Å². The number of benzene rings is 1. The molecule has 0 aliphatic carbocycles. The highest BCUT2D eigenvalue weighted by Gasteiger charge is 2.43. The third kappa shape index (κ3) is 3.01. The number of fused-ring (bicyclic) bond motifs is 1. The lowest BCUT2D eigenvalue weighted by atomic mass is 9.76. The lowest BCUT2D eigenvalue weighted by Crippen LogP contribution is -2.40. The molecule has 4 rings (SSSR count). The predicted molar refractivity (Wildman–Crippen MR) is 92.7 cm³/mol. The van der Waals surface area contributed by atoms with E-state index in [2.05, 4.69) is 34.5 Å². The van der Waals surface area contributed by atoms with Crippen molar-refractivity contribution in [1.82, 2.24) is 15.2 Å². The second-order valence-electron chi connectivity index (χ2n) is 7.25. The number of rotatable bonds is 3. The summed E-state index contributed by atoms with van der Waals surface area (Å²) in [5, 5.41) is 13.5. The summed E-state index contributed by atoms with van der Waals surface area (Å²) < 4.78 is 0. The number of hydrogen-bond acceptors (Lipinski definition) is 4. The van der Waals surface area contributed by atoms with E-state index in [1.807, 2.05) is 12.1 Å². The van der Waals surface area contributed by atoms with Gasteiger partial charge in [-0.05, 0) is 49.9 Å². The van der Waals surface area contributed by atoms with E-state index in [4.69, 9.17) is 4.98 Å². The van der Waals surface area contributed by atoms with Crippen LogP contribution >= 0.6 is 0 Å². The lowest BCUT2D eigenvalue weighted by molar-refractivity contribution is -0.139. The summed E-state index contributed by atoms with van der Waals surface area (Å²) in [6, 6.07) is 12.1. The highest BCUT2D eigenvalue weighted by Crippen LogP contribution is 2.39. The highest BCUT2D eigenvalue weighted by molar-refractivity contribution is 5.78. The van der Waals surface area contributed by atoms with E-state index in [0.717, 1.165) is 56.7 Å². The van der Waals surface area contributed by atoms with Crippen LogP contribution in [-0.4, -0.2) is 46.6 Å². The molecule has 1 aromatic carbocycles. The smallest absolute Gasteiger partial charge is 0.320 e. The molecule has 0 radical (unpaired) electrons. The third-order valence-electron chi connectivity index (χ3n) is 5.62. The molecule has 0 saturated carbocycles. The first-order valence-corrected chi connectivity index (χ1v) is 8.67. The number of likely N-dealkylation sites (tertiary alicyclic amines) is 1. The van der Waals surface area contributed by atoms with Crippen molar-refractivity contribution in [2.75, 3.05) is 19.6 Å². The quantitative estimate of drug-likeness (QED) is 0.906. The zero-order chi connectivity index (χ0) is 16.6. The van der Waals surface area contributed by atoms with Crippen molar-refractivity contribution in [3.8, 4) is 0 Å². The Balaban J connectivity index is 1.38. The van der Waals surface area contributed by atoms with Crippen molar-refractivity contribution in [2.24, 2.45) is 5.41 Å². The molecule has 126 valence electrons. The molecule has 24 heavy (non-hydrogen) atoms. The second kappa shape index (κ2) is 6.15. The van der Waals surface area contributed by atoms with Crippen molar-refractivity contribution < 1.29 is 9.90 Å². The van der Waals surface area contributed by atoms with Crippen LogP contribution in [0.1, 0.15) is 25.0 Å². The number of para-hydroxylation sites is 1. The lowest BCUT2D eigenvalue weighted by Gasteiger charge is -2.38. The number of piperidine rings is 1. The summed E-state index contributed by atoms with van der Waals surface area (Å²) in [6.07, 6.45) is 2.90. The maximum atomic E-state index is 11.2. The minimum atomic E-state index is -0.713. The molecule has 2 fully saturated rings. The van der Waals surface area contributed by atoms with Gasteiger partial charge in [0.2, 0.25) is 0 Å². The van der Waals surface area contributed by atoms with Gasteiger partial charge in [-0.3, -0.25) is 14.7 Å². The summed E-state index contributed by atoms with van der Waals surface area (Å²) in [6.45, 7) is 3.74. The molecule has 2 saturated heterocycles. The van der Waals surface area contributed by atoms with Crippen molar-refractivity contribution in [1.29, 1.82) is 0 Å². The van der Waals surface area contributed by atoms with Gasteiger partial charge in [-0.25, -0.2) is 0 Å². The normalized spacial score (nSPS) is 23.8. The first-order chi connectivity index (χ1) is 11.6. The Morgan fingerprint density at radius 1 is 1.25 bits per heavy atom. The van der Waals surface area contributed by atoms with Crippen LogP contribution in [0.25, 0.3) is 10.9 Å². The molecule has 2 aliphatic rings. The van der Waals surface area contributed by atoms with Gasteiger partial charge in [0.15, 0.2) is 0 Å². The average Bonchev–Trinajstić information content (AvgIpc) is 3.01. The summed E-state index contributed by atoms with van der Waals surface area (Å²) in [5.74, 6) is -0.713. The Labute approximate surface area is 141 Å². The van der Waals surface area contributed by atoms with Crippen molar-refractivity contribution >= 4 is 16.9 Å². The number of carbonyl (C=O) groups is 1. The van der Waals surface area contributed by atoms with Crippen LogP contribution in [0.3, 0.4) is 0 Å². The van der Waals surface area contributed by atoms with E-state index in [1.165, 1.54) is 5.39 Å². The van der Waals surface area contributed by atoms with Gasteiger partial charge in [-0.15, -0.1) is 0 Å². The number of aromatic nitrogens is 1. The minimum absolute atomic E-state index is 0.177. The fraction of sp³-hybridized carbons (Fsp3) is 0.474. The molecule has 2 N–H and O–H groups in total. The average molecular weight is 325 g/mol. The van der Waals surface area contributed by atoms with Crippen molar-refractivity contribution in [3.63, 3.8) is 0 Å². The molecule has 1 spiro atoms. The zero-order valence-corrected chi connectivity index (χ0v) is 13.7. The Morgan fingerprint density at radius 3 is 2.79 bits per heavy atom. The van der Waals surface area contributed by atoms with Gasteiger partial charge in [0.25, 0.3) is 0 Å². The minimum Gasteiger partial charge on any atom is -0.480 e. The van der Waals surface area contributed by atoms with Gasteiger partial charge in [0.05, 0.1) is 11.2 Å². The van der Waals surface area contributed by atoms with Gasteiger partial charge < -0.3 is 10.4 Å². The molecule has 5 heteroatoms. The fourth-order valence-electron chi connectivity index (χ4n) is 4.08. The Bertz CT molecular complexity index is 753. The first-order valence-electron chi connectivity index (χ1n) is 8.67. The number of nitrogens with zero attached hydrogens (tertiary/aromatic N) is 2. The molecule has 1 unspecified atom stereocenters. The third-order valence-corrected chi connectivity index (χ3v) is 5.62. The van der Waals surface area contributed by atoms with Crippen molar-refractivity contribution in [2.45, 2.75) is 31.8 Å². The monoisotopic (exact) mass is 325 g/mol. The number of nitrogens with one attached hydrogen (secondary N) is 1. The van der Waals surface area contributed by atoms with Crippen LogP contribution in [0.15, 0.2) is 36.4 Å². The van der Waals surface area contributed by atoms with E-state index in [0.29, 0.717) is 0 Å². The number of hydrogen-bond donors (Lipinski definition) is 2. The highest BCUT2D eigenvalue weighted by atomic mass is 16.4. The molecular weight excluding hydrogens is 302 g/mol. The number of aliphatic carboxylic acids is 1. The second-order valence-corrected chi connectivity index (χ2v) is 7.25. The van der Waals surface area contributed by atoms with E-state index in [9.17, 15) is 9.90 Å². The maximum Gasteiger partial charge on any atom is 0.320 e. The van der Waals surface area contributed by atoms with Gasteiger partial charge >= 0.3 is 5.97 Å². The molecule has 1 atom stereocenters. The van der Waals surface area contributed by atoms with Crippen molar-refractivity contribution in [3.05, 3.63) is 42.1 Å². The standard InChI is InChI=1S/C19H23N3O2/c23-18(24)17-11-19(13-20-17)7-9-22(10-8-19)12-15-6-5-14-3-1-2-4-16(14)21-15/h1-6,17,20H,7-13H2,(H,23,24). The van der Waals surface area contributed by atoms with Crippen LogP contribution < -0.4 is 5.32 Å². The molecule has 3 heterocycles. The van der Waals surface area contributed by atoms with E-state index < -0.39 is 5.97 Å². The summed E-state index contributed by atoms with van der Waals surface area (Å²) in [5.41, 5.74) is 2.33. The fourth-order valence-corrected chi connectivity index (χ4v) is 4.08. The molecule has 5 nitrogen and oxygen atoms in total. The molecule has 2 aliphatic heterocycles. The molecule has 0 bridgehead atoms. The molecule has 1 aromatic heterocycles. The Kier molecular flexibility index (Phi) is 3.98. The number of pyridine rings is 1. The van der Waals surface area contributed by atoms with E-state index >= 15 is 0 Å².